The van der Waals surface area contributed by atoms with Gasteiger partial charge in [0.15, 0.2) is 15.7 Å². The lowest BCUT2D eigenvalue weighted by atomic mass is 10.2. The number of hydrogen-bond donors (Lipinski definition) is 1. The van der Waals surface area contributed by atoms with Crippen LogP contribution >= 0.6 is 15.9 Å². The lowest BCUT2D eigenvalue weighted by Gasteiger charge is -2.09. The lowest BCUT2D eigenvalue weighted by Crippen LogP contribution is -2.07. The number of benzene rings is 1. The molecule has 0 aromatic heterocycles. The lowest BCUT2D eigenvalue weighted by molar-refractivity contribution is 0.564. The van der Waals surface area contributed by atoms with Crippen molar-refractivity contribution in [3.63, 3.8) is 0 Å². The Morgan fingerprint density at radius 3 is 2.65 bits per heavy atom. The summed E-state index contributed by atoms with van der Waals surface area (Å²) in [6, 6.07) is 0.944. The summed E-state index contributed by atoms with van der Waals surface area (Å²) in [4.78, 5) is 13.0. The van der Waals surface area contributed by atoms with Crippen molar-refractivity contribution in [1.82, 2.24) is 0 Å². The molecule has 0 unspecified atom stereocenters. The molecule has 0 fully saturated rings. The Morgan fingerprint density at radius 2 is 2.18 bits per heavy atom. The van der Waals surface area contributed by atoms with Crippen molar-refractivity contribution in [2.24, 2.45) is 4.99 Å². The Kier molecular flexibility index (Phi) is 4.03. The van der Waals surface area contributed by atoms with E-state index in [-0.39, 0.29) is 15.1 Å². The first kappa shape index (κ1) is 13.8. The quantitative estimate of drug-likeness (QED) is 0.398. The van der Waals surface area contributed by atoms with Crippen molar-refractivity contribution < 1.29 is 17.6 Å². The molecule has 0 atom stereocenters. The van der Waals surface area contributed by atoms with Gasteiger partial charge in [0, 0.05) is 0 Å². The molecule has 0 aliphatic carbocycles. The molecule has 0 radical (unpaired) electrons. The van der Waals surface area contributed by atoms with Crippen LogP contribution in [0.1, 0.15) is 6.92 Å². The third-order valence-electron chi connectivity index (χ3n) is 2.06. The maximum Gasteiger partial charge on any atom is 0.240 e. The molecule has 0 saturated heterocycles. The Balaban J connectivity index is 3.70. The normalized spacial score (nSPS) is 11.0. The van der Waals surface area contributed by atoms with E-state index < -0.39 is 27.0 Å². The number of isocyanates is 1. The number of halogens is 2. The fourth-order valence-corrected chi connectivity index (χ4v) is 3.14. The van der Waals surface area contributed by atoms with E-state index in [2.05, 4.69) is 20.9 Å². The molecule has 0 heterocycles. The predicted molar refractivity (Wildman–Crippen MR) is 64.0 cm³/mol. The van der Waals surface area contributed by atoms with Gasteiger partial charge in [-0.1, -0.05) is 6.92 Å². The third kappa shape index (κ3) is 2.54. The molecule has 0 amide bonds. The average Bonchev–Trinajstić information content (AvgIpc) is 2.29. The molecule has 2 N–H and O–H groups in total. The molecule has 1 aromatic rings. The standard InChI is InChI=1S/C9H8BrFN2O3S/c1-2-17(15,16)6-3-5(13-4-14)8(11)9(12)7(6)10/h3H,2,12H2,1H3. The Bertz CT molecular complexity index is 609. The van der Waals surface area contributed by atoms with E-state index in [1.165, 1.54) is 6.92 Å². The largest absolute Gasteiger partial charge is 0.395 e. The Hall–Kier alpha value is -1.24. The molecule has 0 saturated carbocycles. The minimum atomic E-state index is -3.59. The van der Waals surface area contributed by atoms with Gasteiger partial charge in [0.05, 0.1) is 20.8 Å². The summed E-state index contributed by atoms with van der Waals surface area (Å²) in [7, 11) is -3.59. The van der Waals surface area contributed by atoms with E-state index in [4.69, 9.17) is 5.73 Å². The summed E-state index contributed by atoms with van der Waals surface area (Å²) in [5.41, 5.74) is 4.53. The topological polar surface area (TPSA) is 89.6 Å². The number of sulfone groups is 1. The molecule has 5 nitrogen and oxygen atoms in total. The second-order valence-electron chi connectivity index (χ2n) is 3.04. The summed E-state index contributed by atoms with van der Waals surface area (Å²) in [6.07, 6.45) is 1.14. The first-order valence-corrected chi connectivity index (χ1v) is 6.87. The zero-order chi connectivity index (χ0) is 13.2. The summed E-state index contributed by atoms with van der Waals surface area (Å²) in [5.74, 6) is -1.14. The van der Waals surface area contributed by atoms with Crippen LogP contribution in [-0.2, 0) is 14.6 Å². The molecule has 92 valence electrons. The highest BCUT2D eigenvalue weighted by Crippen LogP contribution is 2.36. The maximum absolute atomic E-state index is 13.5. The van der Waals surface area contributed by atoms with Crippen LogP contribution in [0.25, 0.3) is 0 Å². The van der Waals surface area contributed by atoms with Crippen LogP contribution < -0.4 is 5.73 Å². The van der Waals surface area contributed by atoms with Gasteiger partial charge in [0.1, 0.15) is 5.69 Å². The molecule has 0 bridgehead atoms. The van der Waals surface area contributed by atoms with Gasteiger partial charge in [-0.2, -0.15) is 4.99 Å². The van der Waals surface area contributed by atoms with Gasteiger partial charge in [0.25, 0.3) is 0 Å². The van der Waals surface area contributed by atoms with Crippen molar-refractivity contribution in [1.29, 1.82) is 0 Å². The molecule has 17 heavy (non-hydrogen) atoms. The zero-order valence-corrected chi connectivity index (χ0v) is 11.1. The first-order chi connectivity index (χ1) is 7.85. The summed E-state index contributed by atoms with van der Waals surface area (Å²) < 4.78 is 36.8. The number of hydrogen-bond acceptors (Lipinski definition) is 5. The molecular weight excluding hydrogens is 315 g/mol. The number of rotatable bonds is 3. The van der Waals surface area contributed by atoms with Crippen molar-refractivity contribution in [2.45, 2.75) is 11.8 Å². The zero-order valence-electron chi connectivity index (χ0n) is 8.70. The highest BCUT2D eigenvalue weighted by molar-refractivity contribution is 9.10. The average molecular weight is 323 g/mol. The Labute approximate surface area is 106 Å². The van der Waals surface area contributed by atoms with Crippen LogP contribution in [0.4, 0.5) is 15.8 Å². The summed E-state index contributed by atoms with van der Waals surface area (Å²) in [6.45, 7) is 1.43. The molecule has 1 aromatic carbocycles. The Morgan fingerprint density at radius 1 is 1.59 bits per heavy atom. The third-order valence-corrected chi connectivity index (χ3v) is 4.93. The summed E-state index contributed by atoms with van der Waals surface area (Å²) in [5, 5.41) is 0. The fraction of sp³-hybridized carbons (Fsp3) is 0.222. The van der Waals surface area contributed by atoms with Crippen LogP contribution in [0.15, 0.2) is 20.4 Å². The minimum Gasteiger partial charge on any atom is -0.395 e. The molecule has 0 aliphatic heterocycles. The summed E-state index contributed by atoms with van der Waals surface area (Å²) >= 11 is 2.91. The van der Waals surface area contributed by atoms with Crippen molar-refractivity contribution in [3.05, 3.63) is 16.4 Å². The second kappa shape index (κ2) is 4.95. The van der Waals surface area contributed by atoms with Crippen molar-refractivity contribution in [3.8, 4) is 0 Å². The SMILES string of the molecule is CCS(=O)(=O)c1cc(N=C=O)c(F)c(N)c1Br. The van der Waals surface area contributed by atoms with Crippen LogP contribution in [0, 0.1) is 5.82 Å². The molecule has 1 rings (SSSR count). The molecule has 0 spiro atoms. The highest BCUT2D eigenvalue weighted by Gasteiger charge is 2.22. The number of anilines is 1. The minimum absolute atomic E-state index is 0.0679. The predicted octanol–water partition coefficient (Wildman–Crippen LogP) is 1.93. The van der Waals surface area contributed by atoms with Gasteiger partial charge < -0.3 is 5.73 Å². The van der Waals surface area contributed by atoms with Gasteiger partial charge in [-0.05, 0) is 22.0 Å². The van der Waals surface area contributed by atoms with Gasteiger partial charge in [-0.25, -0.2) is 17.6 Å². The van der Waals surface area contributed by atoms with Crippen molar-refractivity contribution >= 4 is 43.2 Å². The van der Waals surface area contributed by atoms with Gasteiger partial charge in [-0.15, -0.1) is 0 Å². The van der Waals surface area contributed by atoms with E-state index in [0.29, 0.717) is 0 Å². The van der Waals surface area contributed by atoms with Gasteiger partial charge >= 0.3 is 0 Å². The van der Waals surface area contributed by atoms with E-state index in [1.54, 1.807) is 0 Å². The number of nitrogen functional groups attached to an aromatic ring is 1. The van der Waals surface area contributed by atoms with Crippen LogP contribution in [-0.4, -0.2) is 20.3 Å². The molecular formula is C9H8BrFN2O3S. The van der Waals surface area contributed by atoms with Crippen LogP contribution in [0.5, 0.6) is 0 Å². The molecule has 8 heteroatoms. The molecule has 0 aliphatic rings. The fourth-order valence-electron chi connectivity index (χ4n) is 1.13. The van der Waals surface area contributed by atoms with E-state index in [9.17, 15) is 17.6 Å². The number of carbonyl (C=O) groups excluding carboxylic acids is 1. The van der Waals surface area contributed by atoms with E-state index in [1.807, 2.05) is 0 Å². The van der Waals surface area contributed by atoms with E-state index >= 15 is 0 Å². The number of nitrogens with zero attached hydrogens (tertiary/aromatic N) is 1. The number of aliphatic imine (C=N–C) groups is 1. The highest BCUT2D eigenvalue weighted by atomic mass is 79.9. The smallest absolute Gasteiger partial charge is 0.240 e. The van der Waals surface area contributed by atoms with Crippen LogP contribution in [0.3, 0.4) is 0 Å². The van der Waals surface area contributed by atoms with Gasteiger partial charge in [-0.3, -0.25) is 0 Å². The second-order valence-corrected chi connectivity index (χ2v) is 6.08. The van der Waals surface area contributed by atoms with Crippen molar-refractivity contribution in [2.75, 3.05) is 11.5 Å². The van der Waals surface area contributed by atoms with Crippen LogP contribution in [0.2, 0.25) is 0 Å². The first-order valence-electron chi connectivity index (χ1n) is 4.43. The van der Waals surface area contributed by atoms with Gasteiger partial charge in [0.2, 0.25) is 6.08 Å². The maximum atomic E-state index is 13.5. The monoisotopic (exact) mass is 322 g/mol. The van der Waals surface area contributed by atoms with E-state index in [0.717, 1.165) is 12.1 Å². The number of nitrogens with two attached hydrogens (primary N) is 1.